The van der Waals surface area contributed by atoms with E-state index in [2.05, 4.69) is 4.98 Å². The number of pyridine rings is 1. The molecule has 2 N–H and O–H groups in total. The lowest BCUT2D eigenvalue weighted by molar-refractivity contribution is -0.0423. The van der Waals surface area contributed by atoms with E-state index >= 15 is 0 Å². The molecule has 0 radical (unpaired) electrons. The van der Waals surface area contributed by atoms with Crippen LogP contribution in [0, 0.1) is 0 Å². The monoisotopic (exact) mass is 285 g/mol. The fraction of sp³-hybridized carbons (Fsp3) is 0.538. The molecule has 112 valence electrons. The third-order valence-corrected chi connectivity index (χ3v) is 2.42. The fourth-order valence-electron chi connectivity index (χ4n) is 1.46. The molecular formula is C13H19NO6. The van der Waals surface area contributed by atoms with Crippen LogP contribution in [0.15, 0.2) is 18.5 Å². The lowest BCUT2D eigenvalue weighted by Gasteiger charge is -2.16. The van der Waals surface area contributed by atoms with E-state index in [0.29, 0.717) is 6.61 Å². The van der Waals surface area contributed by atoms with Crippen LogP contribution in [0.25, 0.3) is 0 Å². The number of hydrogen-bond donors (Lipinski definition) is 2. The van der Waals surface area contributed by atoms with Gasteiger partial charge in [-0.15, -0.1) is 0 Å². The van der Waals surface area contributed by atoms with Crippen LogP contribution in [0.4, 0.5) is 0 Å². The highest BCUT2D eigenvalue weighted by atomic mass is 16.5. The minimum Gasteiger partial charge on any atom is -0.488 e. The van der Waals surface area contributed by atoms with Gasteiger partial charge in [0.05, 0.1) is 25.5 Å². The van der Waals surface area contributed by atoms with Crippen molar-refractivity contribution >= 4 is 5.97 Å². The maximum atomic E-state index is 10.9. The zero-order valence-electron chi connectivity index (χ0n) is 11.5. The first-order valence-electron chi connectivity index (χ1n) is 6.13. The molecule has 0 spiro atoms. The SMILES string of the molecule is COCC(C)OCC(O)COc1cnccc1C(=O)O. The van der Waals surface area contributed by atoms with E-state index in [0.717, 1.165) is 0 Å². The summed E-state index contributed by atoms with van der Waals surface area (Å²) in [5.74, 6) is -0.995. The van der Waals surface area contributed by atoms with Crippen LogP contribution in [0.1, 0.15) is 17.3 Å². The summed E-state index contributed by atoms with van der Waals surface area (Å²) in [6.45, 7) is 2.25. The molecule has 0 bridgehead atoms. The quantitative estimate of drug-likeness (QED) is 0.684. The van der Waals surface area contributed by atoms with Crippen molar-refractivity contribution in [3.63, 3.8) is 0 Å². The lowest BCUT2D eigenvalue weighted by Crippen LogP contribution is -2.27. The molecule has 7 heteroatoms. The molecule has 0 fully saturated rings. The van der Waals surface area contributed by atoms with Crippen molar-refractivity contribution in [1.82, 2.24) is 4.98 Å². The van der Waals surface area contributed by atoms with Gasteiger partial charge >= 0.3 is 5.97 Å². The Morgan fingerprint density at radius 3 is 2.80 bits per heavy atom. The Morgan fingerprint density at radius 2 is 2.15 bits per heavy atom. The Balaban J connectivity index is 2.41. The molecule has 1 rings (SSSR count). The molecule has 20 heavy (non-hydrogen) atoms. The first kappa shape index (κ1) is 16.4. The standard InChI is InChI=1S/C13H19NO6/c1-9(6-18-2)19-7-10(15)8-20-12-5-14-4-3-11(12)13(16)17/h3-5,9-10,15H,6-8H2,1-2H3,(H,16,17). The van der Waals surface area contributed by atoms with Gasteiger partial charge in [-0.2, -0.15) is 0 Å². The number of aliphatic hydroxyl groups is 1. The fourth-order valence-corrected chi connectivity index (χ4v) is 1.46. The Labute approximate surface area is 117 Å². The molecule has 0 aliphatic heterocycles. The summed E-state index contributed by atoms with van der Waals surface area (Å²) in [6.07, 6.45) is 1.66. The van der Waals surface area contributed by atoms with Crippen molar-refractivity contribution in [3.8, 4) is 5.75 Å². The van der Waals surface area contributed by atoms with E-state index in [1.165, 1.54) is 18.5 Å². The number of carbonyl (C=O) groups is 1. The highest BCUT2D eigenvalue weighted by molar-refractivity contribution is 5.90. The Bertz CT molecular complexity index is 425. The molecule has 1 aromatic rings. The van der Waals surface area contributed by atoms with Crippen molar-refractivity contribution in [2.24, 2.45) is 0 Å². The average Bonchev–Trinajstić information content (AvgIpc) is 2.43. The highest BCUT2D eigenvalue weighted by Crippen LogP contribution is 2.16. The molecule has 1 heterocycles. The third kappa shape index (κ3) is 5.52. The van der Waals surface area contributed by atoms with Gasteiger partial charge in [-0.3, -0.25) is 4.98 Å². The van der Waals surface area contributed by atoms with Gasteiger partial charge in [-0.1, -0.05) is 0 Å². The van der Waals surface area contributed by atoms with E-state index < -0.39 is 12.1 Å². The number of carboxylic acids is 1. The molecule has 2 atom stereocenters. The second-order valence-electron chi connectivity index (χ2n) is 4.24. The number of hydrogen-bond acceptors (Lipinski definition) is 6. The summed E-state index contributed by atoms with van der Waals surface area (Å²) in [6, 6.07) is 1.33. The summed E-state index contributed by atoms with van der Waals surface area (Å²) in [5.41, 5.74) is 0.000805. The van der Waals surface area contributed by atoms with Crippen molar-refractivity contribution in [2.45, 2.75) is 19.1 Å². The van der Waals surface area contributed by atoms with Crippen LogP contribution < -0.4 is 4.74 Å². The summed E-state index contributed by atoms with van der Waals surface area (Å²) >= 11 is 0. The first-order chi connectivity index (χ1) is 9.54. The molecule has 7 nitrogen and oxygen atoms in total. The number of aromatic nitrogens is 1. The van der Waals surface area contributed by atoms with E-state index in [9.17, 15) is 9.90 Å². The molecular weight excluding hydrogens is 266 g/mol. The van der Waals surface area contributed by atoms with Gasteiger partial charge in [0.2, 0.25) is 0 Å². The molecule has 0 amide bonds. The van der Waals surface area contributed by atoms with Crippen molar-refractivity contribution < 1.29 is 29.2 Å². The van der Waals surface area contributed by atoms with Crippen LogP contribution in [-0.2, 0) is 9.47 Å². The zero-order chi connectivity index (χ0) is 15.0. The van der Waals surface area contributed by atoms with Gasteiger partial charge in [-0.05, 0) is 13.0 Å². The number of rotatable bonds is 9. The number of carboxylic acid groups (broad SMARTS) is 1. The largest absolute Gasteiger partial charge is 0.488 e. The number of aliphatic hydroxyl groups excluding tert-OH is 1. The van der Waals surface area contributed by atoms with E-state index in [1.54, 1.807) is 7.11 Å². The maximum absolute atomic E-state index is 10.9. The molecule has 0 saturated carbocycles. The summed E-state index contributed by atoms with van der Waals surface area (Å²) in [7, 11) is 1.56. The average molecular weight is 285 g/mol. The highest BCUT2D eigenvalue weighted by Gasteiger charge is 2.13. The summed E-state index contributed by atoms with van der Waals surface area (Å²) in [5, 5.41) is 18.7. The van der Waals surface area contributed by atoms with Gasteiger partial charge in [0.25, 0.3) is 0 Å². The molecule has 1 aromatic heterocycles. The van der Waals surface area contributed by atoms with E-state index in [1.807, 2.05) is 6.92 Å². The summed E-state index contributed by atoms with van der Waals surface area (Å²) < 4.78 is 15.5. The molecule has 2 unspecified atom stereocenters. The third-order valence-electron chi connectivity index (χ3n) is 2.42. The number of nitrogens with zero attached hydrogens (tertiary/aromatic N) is 1. The van der Waals surface area contributed by atoms with Crippen LogP contribution in [-0.4, -0.2) is 60.3 Å². The second kappa shape index (κ2) is 8.47. The molecule has 0 aliphatic carbocycles. The maximum Gasteiger partial charge on any atom is 0.339 e. The predicted octanol–water partition coefficient (Wildman–Crippen LogP) is 0.571. The second-order valence-corrected chi connectivity index (χ2v) is 4.24. The molecule has 0 aliphatic rings. The first-order valence-corrected chi connectivity index (χ1v) is 6.13. The summed E-state index contributed by atoms with van der Waals surface area (Å²) in [4.78, 5) is 14.7. The van der Waals surface area contributed by atoms with Gasteiger partial charge < -0.3 is 24.4 Å². The number of ether oxygens (including phenoxy) is 3. The minimum absolute atomic E-state index is 0.000805. The van der Waals surface area contributed by atoms with Crippen LogP contribution >= 0.6 is 0 Å². The van der Waals surface area contributed by atoms with Crippen LogP contribution in [0.5, 0.6) is 5.75 Å². The van der Waals surface area contributed by atoms with Gasteiger partial charge in [0, 0.05) is 13.3 Å². The zero-order valence-corrected chi connectivity index (χ0v) is 11.5. The lowest BCUT2D eigenvalue weighted by atomic mass is 10.2. The Hall–Kier alpha value is -1.70. The Kier molecular flexibility index (Phi) is 6.92. The Morgan fingerprint density at radius 1 is 1.40 bits per heavy atom. The van der Waals surface area contributed by atoms with Gasteiger partial charge in [0.15, 0.2) is 5.75 Å². The van der Waals surface area contributed by atoms with Crippen molar-refractivity contribution in [3.05, 3.63) is 24.0 Å². The topological polar surface area (TPSA) is 98.1 Å². The predicted molar refractivity (Wildman–Crippen MR) is 70.0 cm³/mol. The van der Waals surface area contributed by atoms with Crippen molar-refractivity contribution in [2.75, 3.05) is 26.9 Å². The molecule has 0 aromatic carbocycles. The van der Waals surface area contributed by atoms with E-state index in [-0.39, 0.29) is 30.6 Å². The number of methoxy groups -OCH3 is 1. The normalized spacial score (nSPS) is 13.8. The van der Waals surface area contributed by atoms with E-state index in [4.69, 9.17) is 19.3 Å². The van der Waals surface area contributed by atoms with Crippen LogP contribution in [0.2, 0.25) is 0 Å². The van der Waals surface area contributed by atoms with Crippen LogP contribution in [0.3, 0.4) is 0 Å². The van der Waals surface area contributed by atoms with Gasteiger partial charge in [0.1, 0.15) is 18.3 Å². The van der Waals surface area contributed by atoms with Gasteiger partial charge in [-0.25, -0.2) is 4.79 Å². The molecule has 0 saturated heterocycles. The number of aromatic carboxylic acids is 1. The minimum atomic E-state index is -1.11. The smallest absolute Gasteiger partial charge is 0.339 e. The van der Waals surface area contributed by atoms with Crippen molar-refractivity contribution in [1.29, 1.82) is 0 Å².